The highest BCUT2D eigenvalue weighted by Crippen LogP contribution is 2.31. The molecule has 1 atom stereocenters. The van der Waals surface area contributed by atoms with Crippen molar-refractivity contribution in [2.45, 2.75) is 19.8 Å². The highest BCUT2D eigenvalue weighted by Gasteiger charge is 2.23. The minimum atomic E-state index is -0.356. The first-order chi connectivity index (χ1) is 9.63. The summed E-state index contributed by atoms with van der Waals surface area (Å²) in [6.45, 7) is 4.64. The van der Waals surface area contributed by atoms with Crippen LogP contribution in [0.4, 0.5) is 17.1 Å². The Kier molecular flexibility index (Phi) is 4.79. The summed E-state index contributed by atoms with van der Waals surface area (Å²) in [5, 5.41) is 23.1. The van der Waals surface area contributed by atoms with E-state index in [1.165, 1.54) is 0 Å². The van der Waals surface area contributed by atoms with Crippen LogP contribution in [0.3, 0.4) is 0 Å². The van der Waals surface area contributed by atoms with E-state index in [4.69, 9.17) is 5.11 Å². The topological polar surface area (TPSA) is 78.6 Å². The van der Waals surface area contributed by atoms with Crippen molar-refractivity contribution >= 4 is 17.1 Å². The molecular formula is C14H21N3O3. The highest BCUT2D eigenvalue weighted by atomic mass is 16.6. The van der Waals surface area contributed by atoms with Crippen LogP contribution in [0.2, 0.25) is 0 Å². The molecule has 0 amide bonds. The van der Waals surface area contributed by atoms with Crippen LogP contribution in [-0.2, 0) is 0 Å². The molecule has 0 aromatic heterocycles. The zero-order chi connectivity index (χ0) is 14.5. The van der Waals surface area contributed by atoms with Crippen molar-refractivity contribution in [2.24, 2.45) is 5.92 Å². The molecular weight excluding hydrogens is 258 g/mol. The van der Waals surface area contributed by atoms with Crippen LogP contribution in [0.25, 0.3) is 0 Å². The van der Waals surface area contributed by atoms with Gasteiger partial charge >= 0.3 is 0 Å². The first-order valence-corrected chi connectivity index (χ1v) is 7.03. The summed E-state index contributed by atoms with van der Waals surface area (Å²) >= 11 is 0. The average molecular weight is 279 g/mol. The fourth-order valence-electron chi connectivity index (χ4n) is 2.67. The number of aliphatic hydroxyl groups is 1. The quantitative estimate of drug-likeness (QED) is 0.616. The number of nitro benzene ring substituents is 1. The van der Waals surface area contributed by atoms with Crippen molar-refractivity contribution in [3.63, 3.8) is 0 Å². The highest BCUT2D eigenvalue weighted by molar-refractivity contribution is 5.64. The van der Waals surface area contributed by atoms with E-state index < -0.39 is 0 Å². The lowest BCUT2D eigenvalue weighted by Gasteiger charge is -2.19. The molecule has 0 radical (unpaired) electrons. The van der Waals surface area contributed by atoms with Crippen molar-refractivity contribution in [1.82, 2.24) is 0 Å². The molecule has 1 aromatic carbocycles. The predicted octanol–water partition coefficient (Wildman–Crippen LogP) is 2.24. The summed E-state index contributed by atoms with van der Waals surface area (Å²) in [4.78, 5) is 12.8. The second-order valence-corrected chi connectivity index (χ2v) is 5.14. The van der Waals surface area contributed by atoms with Crippen molar-refractivity contribution < 1.29 is 10.0 Å². The maximum atomic E-state index is 11.0. The Morgan fingerprint density at radius 3 is 2.95 bits per heavy atom. The summed E-state index contributed by atoms with van der Waals surface area (Å²) in [5.41, 5.74) is 1.78. The molecule has 1 heterocycles. The van der Waals surface area contributed by atoms with Crippen LogP contribution in [0, 0.1) is 16.0 Å². The van der Waals surface area contributed by atoms with Gasteiger partial charge in [0.15, 0.2) is 0 Å². The summed E-state index contributed by atoms with van der Waals surface area (Å²) in [6.07, 6.45) is 1.82. The van der Waals surface area contributed by atoms with Crippen LogP contribution in [0.5, 0.6) is 0 Å². The normalized spacial score (nSPS) is 18.3. The Labute approximate surface area is 118 Å². The van der Waals surface area contributed by atoms with Gasteiger partial charge in [0.05, 0.1) is 4.92 Å². The lowest BCUT2D eigenvalue weighted by molar-refractivity contribution is -0.384. The number of nitrogens with one attached hydrogen (secondary N) is 1. The lowest BCUT2D eigenvalue weighted by atomic mass is 10.1. The van der Waals surface area contributed by atoms with Crippen molar-refractivity contribution in [3.05, 3.63) is 28.3 Å². The molecule has 6 heteroatoms. The van der Waals surface area contributed by atoms with E-state index in [0.29, 0.717) is 5.92 Å². The Balaban J connectivity index is 2.20. The molecule has 0 saturated carbocycles. The molecule has 1 saturated heterocycles. The monoisotopic (exact) mass is 279 g/mol. The minimum absolute atomic E-state index is 0.115. The van der Waals surface area contributed by atoms with E-state index in [1.54, 1.807) is 12.1 Å². The number of benzene rings is 1. The van der Waals surface area contributed by atoms with Crippen molar-refractivity contribution in [3.8, 4) is 0 Å². The molecule has 0 bridgehead atoms. The predicted molar refractivity (Wildman–Crippen MR) is 79.3 cm³/mol. The Morgan fingerprint density at radius 1 is 1.50 bits per heavy atom. The average Bonchev–Trinajstić information content (AvgIpc) is 2.88. The van der Waals surface area contributed by atoms with E-state index >= 15 is 0 Å². The lowest BCUT2D eigenvalue weighted by Crippen LogP contribution is -2.20. The molecule has 1 unspecified atom stereocenters. The molecule has 2 rings (SSSR count). The molecule has 20 heavy (non-hydrogen) atoms. The fraction of sp³-hybridized carbons (Fsp3) is 0.571. The Morgan fingerprint density at radius 2 is 2.30 bits per heavy atom. The molecule has 1 aliphatic rings. The smallest absolute Gasteiger partial charge is 0.273 e. The molecule has 1 aromatic rings. The van der Waals surface area contributed by atoms with E-state index in [9.17, 15) is 10.1 Å². The minimum Gasteiger partial charge on any atom is -0.396 e. The van der Waals surface area contributed by atoms with Gasteiger partial charge in [-0.05, 0) is 31.7 Å². The molecule has 2 N–H and O–H groups in total. The number of non-ortho nitro benzene ring substituents is 1. The van der Waals surface area contributed by atoms with Gasteiger partial charge in [-0.1, -0.05) is 0 Å². The van der Waals surface area contributed by atoms with Crippen LogP contribution >= 0.6 is 0 Å². The summed E-state index contributed by atoms with van der Waals surface area (Å²) in [5.74, 6) is 0.474. The zero-order valence-electron chi connectivity index (χ0n) is 11.7. The van der Waals surface area contributed by atoms with Gasteiger partial charge in [0, 0.05) is 49.7 Å². The van der Waals surface area contributed by atoms with Crippen LogP contribution in [-0.4, -0.2) is 36.3 Å². The largest absolute Gasteiger partial charge is 0.396 e. The van der Waals surface area contributed by atoms with Crippen LogP contribution in [0.15, 0.2) is 18.2 Å². The SMILES string of the molecule is CCNc1cc(N2CCC(CCO)C2)cc([N+](=O)[O-])c1. The van der Waals surface area contributed by atoms with Crippen molar-refractivity contribution in [1.29, 1.82) is 0 Å². The van der Waals surface area contributed by atoms with E-state index in [1.807, 2.05) is 13.0 Å². The number of aliphatic hydroxyl groups excluding tert-OH is 1. The third-order valence-electron chi connectivity index (χ3n) is 3.68. The van der Waals surface area contributed by atoms with Gasteiger partial charge in [0.2, 0.25) is 0 Å². The third-order valence-corrected chi connectivity index (χ3v) is 3.68. The maximum absolute atomic E-state index is 11.0. The molecule has 1 fully saturated rings. The standard InChI is InChI=1S/C14H21N3O3/c1-2-15-12-7-13(9-14(8-12)17(19)20)16-5-3-11(10-16)4-6-18/h7-9,11,15,18H,2-6,10H2,1H3. The van der Waals surface area contributed by atoms with Gasteiger partial charge in [-0.2, -0.15) is 0 Å². The van der Waals surface area contributed by atoms with Crippen molar-refractivity contribution in [2.75, 3.05) is 36.5 Å². The number of nitrogens with zero attached hydrogens (tertiary/aromatic N) is 2. The van der Waals surface area contributed by atoms with Gasteiger partial charge in [-0.25, -0.2) is 0 Å². The molecule has 1 aliphatic heterocycles. The van der Waals surface area contributed by atoms with E-state index in [0.717, 1.165) is 43.9 Å². The van der Waals surface area contributed by atoms with Crippen LogP contribution < -0.4 is 10.2 Å². The van der Waals surface area contributed by atoms with Gasteiger partial charge < -0.3 is 15.3 Å². The first kappa shape index (κ1) is 14.6. The van der Waals surface area contributed by atoms with Gasteiger partial charge in [0.1, 0.15) is 0 Å². The number of rotatable bonds is 6. The number of anilines is 2. The maximum Gasteiger partial charge on any atom is 0.273 e. The molecule has 6 nitrogen and oxygen atoms in total. The molecule has 0 aliphatic carbocycles. The second-order valence-electron chi connectivity index (χ2n) is 5.14. The number of hydrogen-bond donors (Lipinski definition) is 2. The number of hydrogen-bond acceptors (Lipinski definition) is 5. The summed E-state index contributed by atoms with van der Waals surface area (Å²) in [7, 11) is 0. The number of nitro groups is 1. The van der Waals surface area contributed by atoms with Crippen LogP contribution in [0.1, 0.15) is 19.8 Å². The molecule has 0 spiro atoms. The Bertz CT molecular complexity index is 479. The van der Waals surface area contributed by atoms with E-state index in [-0.39, 0.29) is 17.2 Å². The van der Waals surface area contributed by atoms with Gasteiger partial charge in [-0.3, -0.25) is 10.1 Å². The van der Waals surface area contributed by atoms with Gasteiger partial charge in [0.25, 0.3) is 5.69 Å². The second kappa shape index (κ2) is 6.56. The van der Waals surface area contributed by atoms with Gasteiger partial charge in [-0.15, -0.1) is 0 Å². The Hall–Kier alpha value is -1.82. The summed E-state index contributed by atoms with van der Waals surface area (Å²) < 4.78 is 0. The zero-order valence-corrected chi connectivity index (χ0v) is 11.7. The molecule has 110 valence electrons. The third kappa shape index (κ3) is 3.39. The fourth-order valence-corrected chi connectivity index (χ4v) is 2.67. The summed E-state index contributed by atoms with van der Waals surface area (Å²) in [6, 6.07) is 5.15. The van der Waals surface area contributed by atoms with E-state index in [2.05, 4.69) is 10.2 Å². The first-order valence-electron chi connectivity index (χ1n) is 7.03.